The van der Waals surface area contributed by atoms with Gasteiger partial charge in [0.2, 0.25) is 0 Å². The number of nitrogens with zero attached hydrogens (tertiary/aromatic N) is 3. The molecule has 3 aromatic carbocycles. The molecule has 2 aliphatic rings. The molecule has 1 aromatic heterocycles. The lowest BCUT2D eigenvalue weighted by Crippen LogP contribution is -2.20. The van der Waals surface area contributed by atoms with E-state index in [-0.39, 0.29) is 16.3 Å². The van der Waals surface area contributed by atoms with Crippen LogP contribution in [0.2, 0.25) is 5.02 Å². The Labute approximate surface area is 206 Å². The number of amides is 1. The molecule has 3 heterocycles. The Morgan fingerprint density at radius 2 is 1.71 bits per heavy atom. The number of aryl methyl sites for hydroxylation is 1. The molecule has 2 aliphatic heterocycles. The zero-order valence-corrected chi connectivity index (χ0v) is 19.9. The summed E-state index contributed by atoms with van der Waals surface area (Å²) in [5.74, 6) is 0.0257. The van der Waals surface area contributed by atoms with Gasteiger partial charge in [-0.2, -0.15) is 0 Å². The number of imidazole rings is 1. The quantitative estimate of drug-likeness (QED) is 0.411. The smallest absolute Gasteiger partial charge is 0.266 e. The van der Waals surface area contributed by atoms with Crippen molar-refractivity contribution in [1.82, 2.24) is 14.3 Å². The normalized spacial score (nSPS) is 14.9. The van der Waals surface area contributed by atoms with Crippen LogP contribution in [0.5, 0.6) is 0 Å². The predicted molar refractivity (Wildman–Crippen MR) is 130 cm³/mol. The second kappa shape index (κ2) is 8.75. The van der Waals surface area contributed by atoms with E-state index in [1.165, 1.54) is 18.2 Å². The first-order valence-electron chi connectivity index (χ1n) is 10.6. The molecule has 1 N–H and O–H groups in total. The molecule has 0 radical (unpaired) electrons. The van der Waals surface area contributed by atoms with Crippen molar-refractivity contribution in [2.75, 3.05) is 0 Å². The van der Waals surface area contributed by atoms with E-state index in [2.05, 4.69) is 9.98 Å². The number of benzene rings is 3. The average Bonchev–Trinajstić information content (AvgIpc) is 3.25. The molecule has 0 atom stereocenters. The first kappa shape index (κ1) is 22.9. The van der Waals surface area contributed by atoms with Crippen LogP contribution in [-0.2, 0) is 16.6 Å². The number of hydrogen-bond acceptors (Lipinski definition) is 5. The van der Waals surface area contributed by atoms with E-state index in [0.717, 1.165) is 22.8 Å². The van der Waals surface area contributed by atoms with Gasteiger partial charge in [-0.25, -0.2) is 22.5 Å². The van der Waals surface area contributed by atoms with Crippen molar-refractivity contribution in [3.05, 3.63) is 112 Å². The topological polar surface area (TPSA) is 93.4 Å². The molecule has 0 aliphatic carbocycles. The summed E-state index contributed by atoms with van der Waals surface area (Å²) >= 11 is 6.19. The summed E-state index contributed by atoms with van der Waals surface area (Å²) < 4.78 is 40.5. The van der Waals surface area contributed by atoms with E-state index in [1.54, 1.807) is 24.3 Å². The summed E-state index contributed by atoms with van der Waals surface area (Å²) in [6.45, 7) is 2.38. The highest BCUT2D eigenvalue weighted by Crippen LogP contribution is 2.29. The third-order valence-corrected chi connectivity index (χ3v) is 7.27. The first-order valence-corrected chi connectivity index (χ1v) is 12.4. The Morgan fingerprint density at radius 1 is 1.00 bits per heavy atom. The van der Waals surface area contributed by atoms with Gasteiger partial charge in [0.25, 0.3) is 15.9 Å². The van der Waals surface area contributed by atoms with Gasteiger partial charge < -0.3 is 0 Å². The summed E-state index contributed by atoms with van der Waals surface area (Å²) in [6.07, 6.45) is 1.81. The Bertz CT molecular complexity index is 1630. The Kier molecular flexibility index (Phi) is 5.74. The summed E-state index contributed by atoms with van der Waals surface area (Å²) in [4.78, 5) is 20.1. The van der Waals surface area contributed by atoms with E-state index < -0.39 is 15.9 Å². The number of nitrogens with one attached hydrogen (secondary N) is 1. The lowest BCUT2D eigenvalue weighted by Gasteiger charge is -2.14. The molecule has 7 nitrogen and oxygen atoms in total. The molecule has 1 amide bonds. The second-order valence-corrected chi connectivity index (χ2v) is 9.96. The van der Waals surface area contributed by atoms with Gasteiger partial charge in [-0.1, -0.05) is 35.9 Å². The van der Waals surface area contributed by atoms with Crippen molar-refractivity contribution in [2.45, 2.75) is 18.4 Å². The van der Waals surface area contributed by atoms with Gasteiger partial charge in [0.15, 0.2) is 0 Å². The SMILES string of the molecule is Cc1ncc2n1-c1ccc(Cl)cc1C(c1ccccc1F)=NC2.O=C1NS(=O)(=O)c2ccccc21. The van der Waals surface area contributed by atoms with Gasteiger partial charge in [0.1, 0.15) is 16.5 Å². The van der Waals surface area contributed by atoms with Crippen LogP contribution in [0.25, 0.3) is 5.69 Å². The number of halogens is 2. The number of fused-ring (bicyclic) bond motifs is 4. The summed E-state index contributed by atoms with van der Waals surface area (Å²) in [7, 11) is -3.55. The lowest BCUT2D eigenvalue weighted by molar-refractivity contribution is 0.0985. The van der Waals surface area contributed by atoms with Crippen LogP contribution in [0.3, 0.4) is 0 Å². The fourth-order valence-electron chi connectivity index (χ4n) is 4.07. The molecule has 0 spiro atoms. The lowest BCUT2D eigenvalue weighted by atomic mass is 10.00. The van der Waals surface area contributed by atoms with Crippen LogP contribution in [0.4, 0.5) is 4.39 Å². The highest BCUT2D eigenvalue weighted by atomic mass is 35.5. The zero-order chi connectivity index (χ0) is 24.7. The largest absolute Gasteiger partial charge is 0.298 e. The number of carbonyl (C=O) groups is 1. The van der Waals surface area contributed by atoms with E-state index in [4.69, 9.17) is 11.6 Å². The van der Waals surface area contributed by atoms with Crippen molar-refractivity contribution < 1.29 is 17.6 Å². The van der Waals surface area contributed by atoms with E-state index in [9.17, 15) is 17.6 Å². The van der Waals surface area contributed by atoms with Crippen LogP contribution >= 0.6 is 11.6 Å². The number of aromatic nitrogens is 2. The number of sulfonamides is 1. The van der Waals surface area contributed by atoms with Gasteiger partial charge in [0, 0.05) is 16.1 Å². The Hall–Kier alpha value is -3.82. The van der Waals surface area contributed by atoms with Crippen LogP contribution < -0.4 is 4.72 Å². The van der Waals surface area contributed by atoms with E-state index >= 15 is 0 Å². The van der Waals surface area contributed by atoms with Gasteiger partial charge in [-0.05, 0) is 49.4 Å². The third-order valence-electron chi connectivity index (χ3n) is 5.64. The zero-order valence-electron chi connectivity index (χ0n) is 18.4. The van der Waals surface area contributed by atoms with Crippen LogP contribution in [0.1, 0.15) is 33.0 Å². The Balaban J connectivity index is 0.000000178. The third kappa shape index (κ3) is 4.13. The highest BCUT2D eigenvalue weighted by molar-refractivity contribution is 7.90. The van der Waals surface area contributed by atoms with Crippen molar-refractivity contribution in [1.29, 1.82) is 0 Å². The monoisotopic (exact) mass is 508 g/mol. The standard InChI is InChI=1S/C18H13ClFN3.C7H5NO3S/c1-11-21-9-13-10-22-18(14-4-2-3-5-16(14)20)15-8-12(19)6-7-17(15)23(11)13;9-7-5-3-1-2-4-6(5)12(10,11)8-7/h2-9H,10H2,1H3;1-4H,(H,8,9). The molecule has 0 fully saturated rings. The molecule has 0 bridgehead atoms. The Morgan fingerprint density at radius 3 is 2.46 bits per heavy atom. The molecule has 35 heavy (non-hydrogen) atoms. The number of aliphatic imine (C=N–C) groups is 1. The molecule has 4 aromatic rings. The number of rotatable bonds is 1. The maximum atomic E-state index is 14.3. The van der Waals surface area contributed by atoms with Crippen molar-refractivity contribution in [3.8, 4) is 5.69 Å². The van der Waals surface area contributed by atoms with E-state index in [1.807, 2.05) is 46.7 Å². The second-order valence-electron chi connectivity index (χ2n) is 7.87. The van der Waals surface area contributed by atoms with Crippen molar-refractivity contribution in [2.24, 2.45) is 4.99 Å². The molecule has 0 saturated heterocycles. The minimum absolute atomic E-state index is 0.0648. The summed E-state index contributed by atoms with van der Waals surface area (Å²) in [6, 6.07) is 18.3. The van der Waals surface area contributed by atoms with Crippen LogP contribution in [0.15, 0.2) is 82.8 Å². The highest BCUT2D eigenvalue weighted by Gasteiger charge is 2.31. The van der Waals surface area contributed by atoms with Gasteiger partial charge in [-0.15, -0.1) is 0 Å². The van der Waals surface area contributed by atoms with Crippen LogP contribution in [-0.4, -0.2) is 29.6 Å². The van der Waals surface area contributed by atoms with Gasteiger partial charge in [0.05, 0.1) is 35.4 Å². The maximum absolute atomic E-state index is 14.3. The van der Waals surface area contributed by atoms with Gasteiger partial charge in [-0.3, -0.25) is 14.4 Å². The molecule has 6 rings (SSSR count). The van der Waals surface area contributed by atoms with Crippen molar-refractivity contribution in [3.63, 3.8) is 0 Å². The van der Waals surface area contributed by atoms with Crippen LogP contribution in [0, 0.1) is 12.7 Å². The van der Waals surface area contributed by atoms with Gasteiger partial charge >= 0.3 is 0 Å². The fraction of sp³-hybridized carbons (Fsp3) is 0.0800. The number of carbonyl (C=O) groups excluding carboxylic acids is 1. The molecule has 10 heteroatoms. The molecule has 0 unspecified atom stereocenters. The molecular weight excluding hydrogens is 491 g/mol. The minimum Gasteiger partial charge on any atom is -0.298 e. The predicted octanol–water partition coefficient (Wildman–Crippen LogP) is 4.44. The minimum atomic E-state index is -3.55. The van der Waals surface area contributed by atoms with E-state index in [0.29, 0.717) is 22.8 Å². The maximum Gasteiger partial charge on any atom is 0.266 e. The summed E-state index contributed by atoms with van der Waals surface area (Å²) in [5, 5.41) is 0.592. The first-order chi connectivity index (χ1) is 16.8. The number of hydrogen-bond donors (Lipinski definition) is 1. The summed E-state index contributed by atoms with van der Waals surface area (Å²) in [5.41, 5.74) is 4.01. The molecule has 0 saturated carbocycles. The van der Waals surface area contributed by atoms with Crippen molar-refractivity contribution >= 4 is 33.2 Å². The molecular formula is C25H18ClFN4O3S. The fourth-order valence-corrected chi connectivity index (χ4v) is 5.42. The average molecular weight is 509 g/mol. The molecule has 176 valence electrons.